The van der Waals surface area contributed by atoms with E-state index in [1.165, 1.54) is 7.11 Å². The smallest absolute Gasteiger partial charge is 0.167 e. The van der Waals surface area contributed by atoms with Gasteiger partial charge in [0.2, 0.25) is 0 Å². The molecule has 21 heavy (non-hydrogen) atoms. The number of ether oxygens (including phenoxy) is 1. The Bertz CT molecular complexity index is 735. The van der Waals surface area contributed by atoms with Gasteiger partial charge in [0.15, 0.2) is 5.78 Å². The molecule has 2 aromatic carbocycles. The molecule has 3 N–H and O–H groups in total. The fraction of sp³-hybridized carbons (Fsp3) is 0.312. The lowest BCUT2D eigenvalue weighted by Crippen LogP contribution is -2.16. The van der Waals surface area contributed by atoms with Crippen LogP contribution in [0.3, 0.4) is 0 Å². The lowest BCUT2D eigenvalue weighted by Gasteiger charge is -2.23. The fourth-order valence-electron chi connectivity index (χ4n) is 2.95. The van der Waals surface area contributed by atoms with Crippen molar-refractivity contribution in [3.05, 3.63) is 34.9 Å². The molecule has 0 amide bonds. The van der Waals surface area contributed by atoms with Crippen LogP contribution >= 0.6 is 0 Å². The maximum atomic E-state index is 12.1. The van der Waals surface area contributed by atoms with Crippen molar-refractivity contribution in [1.29, 1.82) is 0 Å². The Labute approximate surface area is 121 Å². The van der Waals surface area contributed by atoms with Crippen LogP contribution in [0, 0.1) is 0 Å². The summed E-state index contributed by atoms with van der Waals surface area (Å²) in [7, 11) is 1.51. The van der Waals surface area contributed by atoms with Crippen LogP contribution < -0.4 is 4.74 Å². The quantitative estimate of drug-likeness (QED) is 0.787. The molecule has 3 rings (SSSR count). The number of rotatable bonds is 2. The maximum Gasteiger partial charge on any atom is 0.167 e. The molecule has 1 atom stereocenters. The molecule has 0 saturated heterocycles. The number of phenols is 1. The van der Waals surface area contributed by atoms with Gasteiger partial charge in [0.1, 0.15) is 11.5 Å². The van der Waals surface area contributed by atoms with Crippen molar-refractivity contribution in [1.82, 2.24) is 0 Å². The zero-order chi connectivity index (χ0) is 15.1. The molecule has 0 aromatic heterocycles. The lowest BCUT2D eigenvalue weighted by atomic mass is 9.84. The molecular weight excluding hydrogens is 272 g/mol. The van der Waals surface area contributed by atoms with Crippen molar-refractivity contribution in [3.63, 3.8) is 0 Å². The van der Waals surface area contributed by atoms with Gasteiger partial charge in [-0.05, 0) is 41.1 Å². The summed E-state index contributed by atoms with van der Waals surface area (Å²) >= 11 is 0. The lowest BCUT2D eigenvalue weighted by molar-refractivity contribution is 0.0893. The van der Waals surface area contributed by atoms with Crippen molar-refractivity contribution in [2.75, 3.05) is 7.11 Å². The number of carbonyl (C=O) groups excluding carboxylic acids is 1. The van der Waals surface area contributed by atoms with Crippen molar-refractivity contribution in [2.45, 2.75) is 25.6 Å². The normalized spacial score (nSPS) is 17.9. The van der Waals surface area contributed by atoms with Crippen LogP contribution in [0.25, 0.3) is 10.8 Å². The third kappa shape index (κ3) is 2.05. The third-order valence-electron chi connectivity index (χ3n) is 3.99. The molecule has 1 unspecified atom stereocenters. The fourth-order valence-corrected chi connectivity index (χ4v) is 2.95. The van der Waals surface area contributed by atoms with Crippen molar-refractivity contribution in [2.24, 2.45) is 0 Å². The van der Waals surface area contributed by atoms with Crippen molar-refractivity contribution < 1.29 is 24.9 Å². The van der Waals surface area contributed by atoms with E-state index in [4.69, 9.17) is 4.74 Å². The summed E-state index contributed by atoms with van der Waals surface area (Å²) in [6, 6.07) is 5.02. The molecule has 0 aliphatic heterocycles. The molecule has 0 heterocycles. The van der Waals surface area contributed by atoms with E-state index in [9.17, 15) is 20.1 Å². The molecule has 0 spiro atoms. The average Bonchev–Trinajstić information content (AvgIpc) is 2.49. The number of aliphatic hydroxyl groups is 2. The molecule has 0 saturated carbocycles. The summed E-state index contributed by atoms with van der Waals surface area (Å²) in [6.45, 7) is -0.281. The van der Waals surface area contributed by atoms with E-state index >= 15 is 0 Å². The standard InChI is InChI=1S/C16H16O5/c1-21-10-4-8-6-11-12(18)2-3-13(19)15(11)16(20)14(8)9(5-10)7-17/h4-6,12,17-18,20H,2-3,7H2,1H3. The Morgan fingerprint density at radius 3 is 2.76 bits per heavy atom. The second kappa shape index (κ2) is 5.02. The van der Waals surface area contributed by atoms with Crippen molar-refractivity contribution >= 4 is 16.6 Å². The Morgan fingerprint density at radius 2 is 2.10 bits per heavy atom. The van der Waals surface area contributed by atoms with Gasteiger partial charge in [-0.3, -0.25) is 4.79 Å². The minimum Gasteiger partial charge on any atom is -0.507 e. The zero-order valence-corrected chi connectivity index (χ0v) is 11.6. The largest absolute Gasteiger partial charge is 0.507 e. The minimum atomic E-state index is -0.767. The molecular formula is C16H16O5. The van der Waals surface area contributed by atoms with Crippen molar-refractivity contribution in [3.8, 4) is 11.5 Å². The molecule has 5 nitrogen and oxygen atoms in total. The van der Waals surface area contributed by atoms with Crippen LogP contribution in [0.15, 0.2) is 18.2 Å². The van der Waals surface area contributed by atoms with Crippen LogP contribution in [-0.4, -0.2) is 28.2 Å². The van der Waals surface area contributed by atoms with E-state index in [2.05, 4.69) is 0 Å². The van der Waals surface area contributed by atoms with Gasteiger partial charge in [0, 0.05) is 11.8 Å². The van der Waals surface area contributed by atoms with Gasteiger partial charge in [0.05, 0.1) is 25.4 Å². The Hall–Kier alpha value is -2.11. The molecule has 2 aromatic rings. The number of fused-ring (bicyclic) bond motifs is 2. The van der Waals surface area contributed by atoms with Gasteiger partial charge in [-0.15, -0.1) is 0 Å². The van der Waals surface area contributed by atoms with E-state index in [0.717, 1.165) is 0 Å². The zero-order valence-electron chi connectivity index (χ0n) is 11.6. The van der Waals surface area contributed by atoms with Gasteiger partial charge >= 0.3 is 0 Å². The highest BCUT2D eigenvalue weighted by molar-refractivity contribution is 6.08. The summed E-state index contributed by atoms with van der Waals surface area (Å²) < 4.78 is 5.17. The average molecular weight is 288 g/mol. The number of aromatic hydroxyl groups is 1. The van der Waals surface area contributed by atoms with Gasteiger partial charge in [-0.2, -0.15) is 0 Å². The Morgan fingerprint density at radius 1 is 1.33 bits per heavy atom. The topological polar surface area (TPSA) is 87.0 Å². The van der Waals surface area contributed by atoms with Crippen LogP contribution in [0.2, 0.25) is 0 Å². The van der Waals surface area contributed by atoms with Crippen LogP contribution in [-0.2, 0) is 6.61 Å². The predicted molar refractivity (Wildman–Crippen MR) is 76.6 cm³/mol. The van der Waals surface area contributed by atoms with E-state index in [1.54, 1.807) is 18.2 Å². The number of phenolic OH excluding ortho intramolecular Hbond substituents is 1. The van der Waals surface area contributed by atoms with Gasteiger partial charge in [-0.25, -0.2) is 0 Å². The molecule has 110 valence electrons. The van der Waals surface area contributed by atoms with Crippen LogP contribution in [0.5, 0.6) is 11.5 Å². The summed E-state index contributed by atoms with van der Waals surface area (Å²) in [5.41, 5.74) is 1.09. The third-order valence-corrected chi connectivity index (χ3v) is 3.99. The Balaban J connectivity index is 2.41. The van der Waals surface area contributed by atoms with Crippen LogP contribution in [0.4, 0.5) is 0 Å². The van der Waals surface area contributed by atoms with Gasteiger partial charge in [0.25, 0.3) is 0 Å². The summed E-state index contributed by atoms with van der Waals surface area (Å²) in [4.78, 5) is 12.1. The minimum absolute atomic E-state index is 0.168. The number of ketones is 1. The summed E-state index contributed by atoms with van der Waals surface area (Å²) in [5.74, 6) is 0.190. The number of hydrogen-bond acceptors (Lipinski definition) is 5. The van der Waals surface area contributed by atoms with E-state index < -0.39 is 6.10 Å². The molecule has 1 aliphatic carbocycles. The number of benzene rings is 2. The highest BCUT2D eigenvalue weighted by Gasteiger charge is 2.29. The first-order chi connectivity index (χ1) is 10.1. The number of Topliss-reactive ketones (excluding diaryl/α,β-unsaturated/α-hetero) is 1. The second-order valence-corrected chi connectivity index (χ2v) is 5.21. The highest BCUT2D eigenvalue weighted by Crippen LogP contribution is 2.42. The van der Waals surface area contributed by atoms with Gasteiger partial charge < -0.3 is 20.1 Å². The number of carbonyl (C=O) groups is 1. The summed E-state index contributed by atoms with van der Waals surface area (Å²) in [5, 5.41) is 31.1. The molecule has 1 aliphatic rings. The first kappa shape index (κ1) is 13.9. The van der Waals surface area contributed by atoms with Crippen LogP contribution in [0.1, 0.15) is 40.4 Å². The van der Waals surface area contributed by atoms with E-state index in [1.807, 2.05) is 0 Å². The Kier molecular flexibility index (Phi) is 3.31. The first-order valence-corrected chi connectivity index (χ1v) is 6.75. The molecule has 0 fully saturated rings. The highest BCUT2D eigenvalue weighted by atomic mass is 16.5. The summed E-state index contributed by atoms with van der Waals surface area (Å²) in [6.07, 6.45) is -0.206. The molecule has 0 bridgehead atoms. The number of methoxy groups -OCH3 is 1. The van der Waals surface area contributed by atoms with E-state index in [-0.39, 0.29) is 30.1 Å². The molecule has 5 heteroatoms. The molecule has 0 radical (unpaired) electrons. The maximum absolute atomic E-state index is 12.1. The predicted octanol–water partition coefficient (Wildman–Crippen LogP) is 2.06. The SMILES string of the molecule is COc1cc(CO)c2c(O)c3c(cc2c1)C(O)CCC3=O. The van der Waals surface area contributed by atoms with E-state index in [0.29, 0.717) is 34.1 Å². The first-order valence-electron chi connectivity index (χ1n) is 6.75. The van der Waals surface area contributed by atoms with Gasteiger partial charge in [-0.1, -0.05) is 0 Å². The monoisotopic (exact) mass is 288 g/mol. The second-order valence-electron chi connectivity index (χ2n) is 5.21. The number of hydrogen-bond donors (Lipinski definition) is 3. The number of aliphatic hydroxyl groups excluding tert-OH is 2.